The summed E-state index contributed by atoms with van der Waals surface area (Å²) in [5.41, 5.74) is 0. The third kappa shape index (κ3) is 2.58. The number of rotatable bonds is 5. The molecule has 7 unspecified atom stereocenters. The van der Waals surface area contributed by atoms with Crippen molar-refractivity contribution < 1.29 is 28.8 Å². The van der Waals surface area contributed by atoms with E-state index in [4.69, 9.17) is 23.7 Å². The molecule has 0 spiro atoms. The molecule has 0 radical (unpaired) electrons. The van der Waals surface area contributed by atoms with Crippen LogP contribution in [-0.4, -0.2) is 82.2 Å². The van der Waals surface area contributed by atoms with Gasteiger partial charge in [-0.25, -0.2) is 0 Å². The topological polar surface area (TPSA) is 90.4 Å². The molecular weight excluding hydrogens is 268 g/mol. The van der Waals surface area contributed by atoms with Crippen molar-refractivity contribution in [3.8, 4) is 0 Å². The molecule has 0 amide bonds. The number of hydrogen-bond acceptors (Lipinski definition) is 8. The number of aliphatic hydroxyl groups excluding tert-OH is 1. The molecule has 3 rings (SSSR count). The van der Waals surface area contributed by atoms with Gasteiger partial charge in [-0.3, -0.25) is 0 Å². The number of hydrogen-bond donors (Lipinski definition) is 3. The van der Waals surface area contributed by atoms with Gasteiger partial charge in [0.1, 0.15) is 24.4 Å². The molecule has 20 heavy (non-hydrogen) atoms. The molecule has 8 nitrogen and oxygen atoms in total. The smallest absolute Gasteiger partial charge is 0.190 e. The maximum absolute atomic E-state index is 9.45. The highest BCUT2D eigenvalue weighted by Crippen LogP contribution is 2.38. The van der Waals surface area contributed by atoms with Gasteiger partial charge in [0.05, 0.1) is 6.61 Å². The highest BCUT2D eigenvalue weighted by Gasteiger charge is 2.58. The van der Waals surface area contributed by atoms with Crippen molar-refractivity contribution in [3.05, 3.63) is 0 Å². The third-order valence-corrected chi connectivity index (χ3v) is 3.73. The van der Waals surface area contributed by atoms with Gasteiger partial charge in [0.2, 0.25) is 0 Å². The summed E-state index contributed by atoms with van der Waals surface area (Å²) in [6.45, 7) is 1.01. The highest BCUT2D eigenvalue weighted by atomic mass is 16.8. The van der Waals surface area contributed by atoms with Gasteiger partial charge >= 0.3 is 0 Å². The lowest BCUT2D eigenvalue weighted by Gasteiger charge is -2.38. The first-order valence-electron chi connectivity index (χ1n) is 6.94. The first-order valence-corrected chi connectivity index (χ1v) is 6.94. The fraction of sp³-hybridized carbons (Fsp3) is 1.00. The molecule has 3 aliphatic rings. The molecule has 3 fully saturated rings. The summed E-state index contributed by atoms with van der Waals surface area (Å²) in [6, 6.07) is 0. The minimum absolute atomic E-state index is 0.121. The summed E-state index contributed by atoms with van der Waals surface area (Å²) < 4.78 is 28.8. The van der Waals surface area contributed by atoms with Crippen molar-refractivity contribution in [1.29, 1.82) is 0 Å². The van der Waals surface area contributed by atoms with Crippen molar-refractivity contribution >= 4 is 0 Å². The van der Waals surface area contributed by atoms with Crippen LogP contribution in [0, 0.1) is 0 Å². The van der Waals surface area contributed by atoms with Crippen LogP contribution in [0.2, 0.25) is 0 Å². The van der Waals surface area contributed by atoms with Gasteiger partial charge in [-0.2, -0.15) is 0 Å². The summed E-state index contributed by atoms with van der Waals surface area (Å²) in [4.78, 5) is 0. The summed E-state index contributed by atoms with van der Waals surface area (Å²) in [5, 5.41) is 15.4. The van der Waals surface area contributed by atoms with Crippen LogP contribution in [0.25, 0.3) is 0 Å². The number of fused-ring (bicyclic) bond motifs is 3. The zero-order valence-electron chi connectivity index (χ0n) is 11.7. The Kier molecular flexibility index (Phi) is 4.53. The predicted molar refractivity (Wildman–Crippen MR) is 66.9 cm³/mol. The number of likely N-dealkylation sites (N-methyl/N-ethyl adjacent to an activating group) is 2. The SMILES string of the molecule is CNCC1OC2OC3C(CO)OC(CNC)OC3C2O1. The molecule has 0 aromatic carbocycles. The number of aliphatic hydroxyl groups is 1. The normalized spacial score (nSPS) is 47.2. The number of ether oxygens (including phenoxy) is 5. The van der Waals surface area contributed by atoms with Crippen molar-refractivity contribution in [2.45, 2.75) is 43.3 Å². The Hall–Kier alpha value is -0.320. The maximum atomic E-state index is 9.45. The van der Waals surface area contributed by atoms with E-state index in [-0.39, 0.29) is 31.2 Å². The Balaban J connectivity index is 1.68. The molecule has 0 aromatic rings. The molecule has 0 aromatic heterocycles. The van der Waals surface area contributed by atoms with E-state index >= 15 is 0 Å². The Morgan fingerprint density at radius 1 is 0.800 bits per heavy atom. The molecule has 3 N–H and O–H groups in total. The van der Waals surface area contributed by atoms with Gasteiger partial charge in [0.15, 0.2) is 18.9 Å². The fourth-order valence-electron chi connectivity index (χ4n) is 2.87. The van der Waals surface area contributed by atoms with E-state index in [1.807, 2.05) is 14.1 Å². The van der Waals surface area contributed by atoms with Crippen molar-refractivity contribution in [2.75, 3.05) is 33.8 Å². The molecule has 3 heterocycles. The van der Waals surface area contributed by atoms with Crippen LogP contribution in [0.5, 0.6) is 0 Å². The zero-order chi connectivity index (χ0) is 14.1. The van der Waals surface area contributed by atoms with Crippen molar-refractivity contribution in [3.63, 3.8) is 0 Å². The second-order valence-electron chi connectivity index (χ2n) is 5.14. The van der Waals surface area contributed by atoms with Crippen LogP contribution in [0.1, 0.15) is 0 Å². The van der Waals surface area contributed by atoms with Crippen LogP contribution in [-0.2, 0) is 23.7 Å². The first kappa shape index (κ1) is 14.6. The molecule has 0 saturated carbocycles. The van der Waals surface area contributed by atoms with Gasteiger partial charge in [0, 0.05) is 13.1 Å². The first-order chi connectivity index (χ1) is 9.76. The minimum Gasteiger partial charge on any atom is -0.394 e. The highest BCUT2D eigenvalue weighted by molar-refractivity contribution is 4.98. The molecular formula is C12H22N2O6. The summed E-state index contributed by atoms with van der Waals surface area (Å²) in [7, 11) is 3.65. The average molecular weight is 290 g/mol. The Morgan fingerprint density at radius 2 is 1.45 bits per heavy atom. The van der Waals surface area contributed by atoms with Crippen LogP contribution in [0.3, 0.4) is 0 Å². The molecule has 0 aliphatic carbocycles. The van der Waals surface area contributed by atoms with E-state index in [0.717, 1.165) is 0 Å². The molecule has 116 valence electrons. The fourth-order valence-corrected chi connectivity index (χ4v) is 2.87. The molecule has 8 heteroatoms. The Bertz CT molecular complexity index is 333. The van der Waals surface area contributed by atoms with E-state index in [1.165, 1.54) is 0 Å². The second kappa shape index (κ2) is 6.20. The summed E-state index contributed by atoms with van der Waals surface area (Å²) in [6.07, 6.45) is -2.58. The predicted octanol–water partition coefficient (Wildman–Crippen LogP) is -2.01. The monoisotopic (exact) mass is 290 g/mol. The van der Waals surface area contributed by atoms with Crippen LogP contribution in [0.4, 0.5) is 0 Å². The van der Waals surface area contributed by atoms with Crippen LogP contribution >= 0.6 is 0 Å². The minimum atomic E-state index is -0.464. The lowest BCUT2D eigenvalue weighted by molar-refractivity contribution is -0.298. The van der Waals surface area contributed by atoms with Crippen LogP contribution in [0.15, 0.2) is 0 Å². The number of nitrogens with one attached hydrogen (secondary N) is 2. The molecule has 3 saturated heterocycles. The molecule has 7 atom stereocenters. The van der Waals surface area contributed by atoms with Crippen molar-refractivity contribution in [2.24, 2.45) is 0 Å². The van der Waals surface area contributed by atoms with E-state index in [2.05, 4.69) is 10.6 Å². The van der Waals surface area contributed by atoms with Gasteiger partial charge in [-0.15, -0.1) is 0 Å². The second-order valence-corrected chi connectivity index (χ2v) is 5.14. The van der Waals surface area contributed by atoms with Crippen LogP contribution < -0.4 is 10.6 Å². The largest absolute Gasteiger partial charge is 0.394 e. The van der Waals surface area contributed by atoms with E-state index in [1.54, 1.807) is 0 Å². The van der Waals surface area contributed by atoms with Gasteiger partial charge in [-0.1, -0.05) is 0 Å². The van der Waals surface area contributed by atoms with Gasteiger partial charge in [-0.05, 0) is 14.1 Å². The van der Waals surface area contributed by atoms with E-state index < -0.39 is 18.7 Å². The summed E-state index contributed by atoms with van der Waals surface area (Å²) >= 11 is 0. The third-order valence-electron chi connectivity index (χ3n) is 3.73. The molecule has 3 aliphatic heterocycles. The van der Waals surface area contributed by atoms with Crippen molar-refractivity contribution in [1.82, 2.24) is 10.6 Å². The quantitative estimate of drug-likeness (QED) is 0.535. The average Bonchev–Trinajstić information content (AvgIpc) is 2.96. The lowest BCUT2D eigenvalue weighted by Crippen LogP contribution is -2.54. The standard InChI is InChI=1S/C12H22N2O6/c1-13-3-7-16-6(5-15)9-10(17-7)11-12(20-9)19-8(18-11)4-14-2/h6-15H,3-5H2,1-2H3. The van der Waals surface area contributed by atoms with Gasteiger partial charge < -0.3 is 39.4 Å². The van der Waals surface area contributed by atoms with E-state index in [0.29, 0.717) is 13.1 Å². The summed E-state index contributed by atoms with van der Waals surface area (Å²) in [5.74, 6) is 0. The Labute approximate surface area is 117 Å². The zero-order valence-corrected chi connectivity index (χ0v) is 11.7. The van der Waals surface area contributed by atoms with Gasteiger partial charge in [0.25, 0.3) is 0 Å². The lowest BCUT2D eigenvalue weighted by atomic mass is 10.0. The maximum Gasteiger partial charge on any atom is 0.190 e. The molecule has 0 bridgehead atoms. The van der Waals surface area contributed by atoms with E-state index in [9.17, 15) is 5.11 Å². The Morgan fingerprint density at radius 3 is 2.10 bits per heavy atom.